The fourth-order valence-electron chi connectivity index (χ4n) is 3.03. The van der Waals surface area contributed by atoms with Crippen LogP contribution in [0.5, 0.6) is 0 Å². The maximum absolute atomic E-state index is 13.1. The van der Waals surface area contributed by atoms with Crippen molar-refractivity contribution >= 4 is 60.9 Å². The zero-order valence-corrected chi connectivity index (χ0v) is 24.7. The summed E-state index contributed by atoms with van der Waals surface area (Å²) in [5, 5.41) is 29.6. The highest BCUT2D eigenvalue weighted by atomic mass is 35.5. The van der Waals surface area contributed by atoms with Crippen LogP contribution in [0.2, 0.25) is 10.0 Å². The van der Waals surface area contributed by atoms with E-state index in [2.05, 4.69) is 10.5 Å². The number of carboxylic acid groups (broad SMARTS) is 2. The predicted octanol–water partition coefficient (Wildman–Crippen LogP) is 3.45. The quantitative estimate of drug-likeness (QED) is 0.156. The Kier molecular flexibility index (Phi) is 12.3. The van der Waals surface area contributed by atoms with Gasteiger partial charge in [0.05, 0.1) is 52.5 Å². The monoisotopic (exact) mass is 680 g/mol. The van der Waals surface area contributed by atoms with Crippen LogP contribution in [-0.2, 0) is 33.1 Å². The van der Waals surface area contributed by atoms with Crippen molar-refractivity contribution in [2.45, 2.75) is 22.9 Å². The second-order valence-electron chi connectivity index (χ2n) is 8.01. The molecule has 0 unspecified atom stereocenters. The van der Waals surface area contributed by atoms with Crippen molar-refractivity contribution < 1.29 is 49.9 Å². The highest BCUT2D eigenvalue weighted by molar-refractivity contribution is 7.89. The van der Waals surface area contributed by atoms with E-state index in [1.165, 1.54) is 12.3 Å². The Labute approximate surface area is 253 Å². The van der Waals surface area contributed by atoms with Gasteiger partial charge in [-0.25, -0.2) is 41.1 Å². The van der Waals surface area contributed by atoms with E-state index in [0.717, 1.165) is 11.8 Å². The van der Waals surface area contributed by atoms with Crippen LogP contribution in [0.1, 0.15) is 32.2 Å². The van der Waals surface area contributed by atoms with E-state index < -0.39 is 53.3 Å². The normalized spacial score (nSPS) is 11.0. The molecule has 14 nitrogen and oxygen atoms in total. The summed E-state index contributed by atoms with van der Waals surface area (Å²) in [7, 11) is -8.42. The molecule has 0 saturated heterocycles. The molecule has 0 aliphatic rings. The van der Waals surface area contributed by atoms with Crippen LogP contribution >= 0.6 is 23.2 Å². The topological polar surface area (TPSA) is 259 Å². The number of hydrogen-bond donors (Lipinski definition) is 6. The van der Waals surface area contributed by atoms with E-state index in [4.69, 9.17) is 53.1 Å². The van der Waals surface area contributed by atoms with E-state index in [-0.39, 0.29) is 27.7 Å². The standard InChI is InChI=1S/C12H11ClN2O5S.C7H5ClFNO4S.C5H7NO/c13-9-5-10(15-6-7-2-1-3-20-7)11(21(14,18)19)4-8(9)12(16)17;8-4-2-5(9)6(15(10,13)14)1-3(4)7(11)12;6-4-5-2-1-3-7-5/h1-5,15H,6H2,(H,16,17)(H2,14,18,19);1-2H,(H,11,12)(H2,10,13,14);1-3H,4,6H2. The third-order valence-corrected chi connectivity index (χ3v) is 7.48. The number of primary sulfonamides is 2. The summed E-state index contributed by atoms with van der Waals surface area (Å²) in [4.78, 5) is 20.3. The van der Waals surface area contributed by atoms with Crippen LogP contribution in [0.25, 0.3) is 0 Å². The lowest BCUT2D eigenvalue weighted by atomic mass is 10.2. The van der Waals surface area contributed by atoms with Crippen molar-refractivity contribution in [3.8, 4) is 0 Å². The molecular formula is C24H23Cl2FN4O10S2. The number of carboxylic acids is 2. The molecule has 43 heavy (non-hydrogen) atoms. The highest BCUT2D eigenvalue weighted by Crippen LogP contribution is 2.29. The molecule has 0 amide bonds. The fourth-order valence-corrected chi connectivity index (χ4v) is 4.83. The minimum atomic E-state index is -4.30. The minimum Gasteiger partial charge on any atom is -0.478 e. The van der Waals surface area contributed by atoms with Crippen LogP contribution < -0.4 is 21.3 Å². The smallest absolute Gasteiger partial charge is 0.337 e. The Morgan fingerprint density at radius 2 is 1.28 bits per heavy atom. The minimum absolute atomic E-state index is 0.100. The number of halogens is 3. The number of sulfonamides is 2. The molecule has 0 aliphatic carbocycles. The SMILES string of the molecule is NCc1ccco1.NS(=O)(=O)c1cc(C(=O)O)c(Cl)cc1F.NS(=O)(=O)c1cc(C(=O)O)c(Cl)cc1NCc1ccco1. The van der Waals surface area contributed by atoms with Crippen LogP contribution in [-0.4, -0.2) is 39.0 Å². The van der Waals surface area contributed by atoms with Gasteiger partial charge in [0.25, 0.3) is 0 Å². The van der Waals surface area contributed by atoms with Crippen LogP contribution in [0.3, 0.4) is 0 Å². The number of anilines is 1. The average Bonchev–Trinajstić information content (AvgIpc) is 3.61. The molecule has 19 heteroatoms. The van der Waals surface area contributed by atoms with Gasteiger partial charge in [0.2, 0.25) is 20.0 Å². The number of aromatic carboxylic acids is 2. The second kappa shape index (κ2) is 15.0. The molecule has 2 aromatic carbocycles. The van der Waals surface area contributed by atoms with Crippen molar-refractivity contribution in [2.75, 3.05) is 5.32 Å². The van der Waals surface area contributed by atoms with Gasteiger partial charge in [-0.3, -0.25) is 0 Å². The first kappa shape index (κ1) is 35.2. The molecule has 2 heterocycles. The van der Waals surface area contributed by atoms with E-state index >= 15 is 0 Å². The van der Waals surface area contributed by atoms with E-state index in [1.807, 2.05) is 12.1 Å². The molecule has 0 aliphatic heterocycles. The lowest BCUT2D eigenvalue weighted by Gasteiger charge is -2.12. The van der Waals surface area contributed by atoms with Gasteiger partial charge in [0, 0.05) is 0 Å². The summed E-state index contributed by atoms with van der Waals surface area (Å²) in [6.07, 6.45) is 3.08. The van der Waals surface area contributed by atoms with Gasteiger partial charge < -0.3 is 30.1 Å². The predicted molar refractivity (Wildman–Crippen MR) is 152 cm³/mol. The van der Waals surface area contributed by atoms with Crippen molar-refractivity contribution in [2.24, 2.45) is 16.0 Å². The molecule has 2 aromatic heterocycles. The third-order valence-electron chi connectivity index (χ3n) is 4.98. The summed E-state index contributed by atoms with van der Waals surface area (Å²) >= 11 is 11.2. The summed E-state index contributed by atoms with van der Waals surface area (Å²) < 4.78 is 67.9. The van der Waals surface area contributed by atoms with Gasteiger partial charge in [-0.15, -0.1) is 0 Å². The number of nitrogens with one attached hydrogen (secondary N) is 1. The third kappa shape index (κ3) is 10.4. The van der Waals surface area contributed by atoms with Crippen molar-refractivity contribution in [1.29, 1.82) is 0 Å². The molecule has 0 bridgehead atoms. The summed E-state index contributed by atoms with van der Waals surface area (Å²) in [5.74, 6) is -2.60. The Balaban J connectivity index is 0.000000254. The number of rotatable bonds is 8. The number of nitrogens with two attached hydrogens (primary N) is 3. The summed E-state index contributed by atoms with van der Waals surface area (Å²) in [5.41, 5.74) is 4.43. The van der Waals surface area contributed by atoms with Crippen molar-refractivity contribution in [3.63, 3.8) is 0 Å². The molecule has 0 radical (unpaired) electrons. The van der Waals surface area contributed by atoms with E-state index in [1.54, 1.807) is 18.4 Å². The second-order valence-corrected chi connectivity index (χ2v) is 11.9. The average molecular weight is 682 g/mol. The largest absolute Gasteiger partial charge is 0.478 e. The van der Waals surface area contributed by atoms with Gasteiger partial charge in [0.1, 0.15) is 27.1 Å². The molecule has 0 fully saturated rings. The fraction of sp³-hybridized carbons (Fsp3) is 0.0833. The van der Waals surface area contributed by atoms with Crippen LogP contribution in [0.4, 0.5) is 10.1 Å². The number of benzene rings is 2. The highest BCUT2D eigenvalue weighted by Gasteiger charge is 2.21. The number of hydrogen-bond acceptors (Lipinski definition) is 10. The van der Waals surface area contributed by atoms with Gasteiger partial charge in [0.15, 0.2) is 0 Å². The summed E-state index contributed by atoms with van der Waals surface area (Å²) in [6.45, 7) is 0.686. The summed E-state index contributed by atoms with van der Waals surface area (Å²) in [6, 6.07) is 10.3. The first-order chi connectivity index (χ1) is 19.9. The Bertz CT molecular complexity index is 1800. The van der Waals surface area contributed by atoms with Gasteiger partial charge in [-0.05, 0) is 48.5 Å². The lowest BCUT2D eigenvalue weighted by molar-refractivity contribution is 0.0686. The van der Waals surface area contributed by atoms with Gasteiger partial charge in [-0.1, -0.05) is 23.2 Å². The van der Waals surface area contributed by atoms with Crippen LogP contribution in [0.15, 0.2) is 79.7 Å². The van der Waals surface area contributed by atoms with Gasteiger partial charge >= 0.3 is 11.9 Å². The zero-order chi connectivity index (χ0) is 32.5. The maximum Gasteiger partial charge on any atom is 0.337 e. The molecular weight excluding hydrogens is 658 g/mol. The first-order valence-electron chi connectivity index (χ1n) is 11.3. The van der Waals surface area contributed by atoms with Gasteiger partial charge in [-0.2, -0.15) is 0 Å². The van der Waals surface area contributed by atoms with Crippen LogP contribution in [0, 0.1) is 5.82 Å². The number of furan rings is 2. The Morgan fingerprint density at radius 1 is 0.814 bits per heavy atom. The molecule has 0 saturated carbocycles. The molecule has 4 aromatic rings. The van der Waals surface area contributed by atoms with E-state index in [9.17, 15) is 30.8 Å². The molecule has 232 valence electrons. The maximum atomic E-state index is 13.1. The van der Waals surface area contributed by atoms with E-state index in [0.29, 0.717) is 24.4 Å². The molecule has 9 N–H and O–H groups in total. The first-order valence-corrected chi connectivity index (χ1v) is 15.1. The van der Waals surface area contributed by atoms with Crippen molar-refractivity contribution in [1.82, 2.24) is 0 Å². The van der Waals surface area contributed by atoms with Crippen molar-refractivity contribution in [3.05, 3.63) is 99.6 Å². The Morgan fingerprint density at radius 3 is 1.67 bits per heavy atom. The lowest BCUT2D eigenvalue weighted by Crippen LogP contribution is -2.16. The number of carbonyl (C=O) groups is 2. The zero-order valence-electron chi connectivity index (χ0n) is 21.5. The molecule has 4 rings (SSSR count). The molecule has 0 spiro atoms. The Hall–Kier alpha value is -3.97. The molecule has 0 atom stereocenters.